The summed E-state index contributed by atoms with van der Waals surface area (Å²) in [6.07, 6.45) is 0. The van der Waals surface area contributed by atoms with Crippen molar-refractivity contribution in [3.8, 4) is 11.4 Å². The van der Waals surface area contributed by atoms with E-state index in [9.17, 15) is 14.7 Å². The molecule has 5 rings (SSSR count). The van der Waals surface area contributed by atoms with Crippen molar-refractivity contribution in [3.63, 3.8) is 0 Å². The predicted octanol–water partition coefficient (Wildman–Crippen LogP) is 3.51. The molecule has 0 saturated carbocycles. The van der Waals surface area contributed by atoms with Gasteiger partial charge in [-0.1, -0.05) is 24.3 Å². The molecule has 0 aliphatic carbocycles. The minimum absolute atomic E-state index is 0.122. The molecule has 0 amide bonds. The Labute approximate surface area is 157 Å². The molecular formula is C21H14N4O3. The van der Waals surface area contributed by atoms with Crippen LogP contribution in [0.3, 0.4) is 0 Å². The summed E-state index contributed by atoms with van der Waals surface area (Å²) in [5, 5.41) is 11.7. The number of nitrogens with zero attached hydrogens (tertiary/aromatic N) is 1. The smallest absolute Gasteiger partial charge is 0.335 e. The Morgan fingerprint density at radius 1 is 0.964 bits per heavy atom. The first-order valence-corrected chi connectivity index (χ1v) is 8.59. The number of hydrogen-bond donors (Lipinski definition) is 4. The largest absolute Gasteiger partial charge is 0.478 e. The molecule has 0 aliphatic heterocycles. The molecule has 0 saturated heterocycles. The first-order valence-electron chi connectivity index (χ1n) is 8.59. The number of carbonyl (C=O) groups is 1. The molecule has 5 N–H and O–H groups in total. The molecule has 3 aromatic carbocycles. The zero-order valence-corrected chi connectivity index (χ0v) is 14.5. The molecule has 0 bridgehead atoms. The molecule has 7 heteroatoms. The van der Waals surface area contributed by atoms with Gasteiger partial charge in [-0.05, 0) is 41.1 Å². The Morgan fingerprint density at radius 2 is 1.71 bits per heavy atom. The highest BCUT2D eigenvalue weighted by molar-refractivity contribution is 6.03. The number of aromatic nitrogens is 3. The first kappa shape index (κ1) is 16.1. The number of aromatic carboxylic acids is 1. The van der Waals surface area contributed by atoms with Crippen LogP contribution in [0.5, 0.6) is 0 Å². The first-order chi connectivity index (χ1) is 13.5. The maximum atomic E-state index is 12.7. The number of hydrogen-bond acceptors (Lipinski definition) is 4. The average molecular weight is 370 g/mol. The third kappa shape index (κ3) is 2.34. The van der Waals surface area contributed by atoms with Crippen molar-refractivity contribution in [2.75, 3.05) is 5.73 Å². The van der Waals surface area contributed by atoms with Gasteiger partial charge in [0.1, 0.15) is 0 Å². The lowest BCUT2D eigenvalue weighted by molar-refractivity contribution is 0.0697. The monoisotopic (exact) mass is 370 g/mol. The highest BCUT2D eigenvalue weighted by atomic mass is 16.4. The van der Waals surface area contributed by atoms with Crippen LogP contribution < -0.4 is 11.3 Å². The average Bonchev–Trinajstić information content (AvgIpc) is 3.02. The van der Waals surface area contributed by atoms with Crippen LogP contribution >= 0.6 is 0 Å². The number of benzene rings is 3. The van der Waals surface area contributed by atoms with Crippen LogP contribution in [0.2, 0.25) is 0 Å². The van der Waals surface area contributed by atoms with Gasteiger partial charge in [0.15, 0.2) is 5.69 Å². The number of carboxylic acids is 1. The topological polar surface area (TPSA) is 125 Å². The van der Waals surface area contributed by atoms with E-state index in [1.54, 1.807) is 6.07 Å². The highest BCUT2D eigenvalue weighted by Crippen LogP contribution is 2.31. The number of nitrogens with two attached hydrogens (primary N) is 1. The van der Waals surface area contributed by atoms with E-state index in [2.05, 4.69) is 15.0 Å². The Kier molecular flexibility index (Phi) is 3.26. The van der Waals surface area contributed by atoms with E-state index in [4.69, 9.17) is 5.73 Å². The van der Waals surface area contributed by atoms with E-state index in [1.807, 2.05) is 36.4 Å². The molecule has 2 aromatic heterocycles. The lowest BCUT2D eigenvalue weighted by Gasteiger charge is -2.04. The fraction of sp³-hybridized carbons (Fsp3) is 0. The summed E-state index contributed by atoms with van der Waals surface area (Å²) in [4.78, 5) is 34.4. The van der Waals surface area contributed by atoms with Crippen LogP contribution in [0, 0.1) is 0 Å². The number of H-pyrrole nitrogens is 2. The number of aromatic amines is 2. The van der Waals surface area contributed by atoms with Gasteiger partial charge >= 0.3 is 5.97 Å². The SMILES string of the molecule is Nc1c(-c2nc3cc4ccccc4cc3[nH]c2=O)[nH]c2ccc(C(=O)O)cc12. The van der Waals surface area contributed by atoms with Crippen LogP contribution in [0.1, 0.15) is 10.4 Å². The molecule has 0 unspecified atom stereocenters. The second kappa shape index (κ2) is 5.68. The summed E-state index contributed by atoms with van der Waals surface area (Å²) in [6.45, 7) is 0. The molecule has 7 nitrogen and oxygen atoms in total. The van der Waals surface area contributed by atoms with Gasteiger partial charge in [-0.2, -0.15) is 0 Å². The number of carboxylic acid groups (broad SMARTS) is 1. The zero-order chi connectivity index (χ0) is 19.4. The molecule has 0 fully saturated rings. The second-order valence-corrected chi connectivity index (χ2v) is 6.61. The van der Waals surface area contributed by atoms with Gasteiger partial charge in [0.05, 0.1) is 28.0 Å². The number of rotatable bonds is 2. The number of fused-ring (bicyclic) bond motifs is 3. The third-order valence-corrected chi connectivity index (χ3v) is 4.88. The zero-order valence-electron chi connectivity index (χ0n) is 14.5. The van der Waals surface area contributed by atoms with Gasteiger partial charge in [0, 0.05) is 10.9 Å². The maximum absolute atomic E-state index is 12.7. The number of nitrogens with one attached hydrogen (secondary N) is 2. The molecule has 28 heavy (non-hydrogen) atoms. The molecule has 5 aromatic rings. The number of nitrogen functional groups attached to an aromatic ring is 1. The lowest BCUT2D eigenvalue weighted by Crippen LogP contribution is -2.12. The van der Waals surface area contributed by atoms with Crippen LogP contribution in [0.25, 0.3) is 44.1 Å². The minimum atomic E-state index is -1.04. The van der Waals surface area contributed by atoms with Gasteiger partial charge in [-0.25, -0.2) is 9.78 Å². The van der Waals surface area contributed by atoms with E-state index >= 15 is 0 Å². The molecule has 0 atom stereocenters. The van der Waals surface area contributed by atoms with Gasteiger partial charge < -0.3 is 20.8 Å². The van der Waals surface area contributed by atoms with Crippen LogP contribution in [0.15, 0.2) is 59.4 Å². The predicted molar refractivity (Wildman–Crippen MR) is 109 cm³/mol. The highest BCUT2D eigenvalue weighted by Gasteiger charge is 2.17. The van der Waals surface area contributed by atoms with Crippen molar-refractivity contribution < 1.29 is 9.90 Å². The van der Waals surface area contributed by atoms with Crippen LogP contribution in [-0.2, 0) is 0 Å². The molecule has 0 spiro atoms. The Morgan fingerprint density at radius 3 is 2.46 bits per heavy atom. The quantitative estimate of drug-likeness (QED) is 0.354. The third-order valence-electron chi connectivity index (χ3n) is 4.88. The van der Waals surface area contributed by atoms with Crippen LogP contribution in [-0.4, -0.2) is 26.0 Å². The molecular weight excluding hydrogens is 356 g/mol. The summed E-state index contributed by atoms with van der Waals surface area (Å²) in [5.74, 6) is -1.04. The fourth-order valence-electron chi connectivity index (χ4n) is 3.48. The van der Waals surface area contributed by atoms with E-state index in [0.29, 0.717) is 27.6 Å². The van der Waals surface area contributed by atoms with Gasteiger partial charge in [0.25, 0.3) is 5.56 Å². The van der Waals surface area contributed by atoms with Gasteiger partial charge in [-0.3, -0.25) is 4.79 Å². The summed E-state index contributed by atoms with van der Waals surface area (Å²) in [6, 6.07) is 16.2. The van der Waals surface area contributed by atoms with Crippen molar-refractivity contribution in [1.29, 1.82) is 0 Å². The maximum Gasteiger partial charge on any atom is 0.335 e. The number of anilines is 1. The molecule has 0 radical (unpaired) electrons. The normalized spacial score (nSPS) is 11.4. The van der Waals surface area contributed by atoms with Crippen molar-refractivity contribution in [2.24, 2.45) is 0 Å². The summed E-state index contributed by atoms with van der Waals surface area (Å²) in [7, 11) is 0. The van der Waals surface area contributed by atoms with Crippen molar-refractivity contribution >= 4 is 44.4 Å². The molecule has 136 valence electrons. The fourth-order valence-corrected chi connectivity index (χ4v) is 3.48. The van der Waals surface area contributed by atoms with E-state index in [1.165, 1.54) is 12.1 Å². The standard InChI is InChI=1S/C21H14N4O3/c22-17-13-7-12(21(27)28)5-6-14(13)23-18(17)19-20(26)25-16-9-11-4-2-1-3-10(11)8-15(16)24-19/h1-9,23H,22H2,(H,25,26)(H,27,28). The van der Waals surface area contributed by atoms with E-state index in [0.717, 1.165) is 10.8 Å². The Bertz CT molecular complexity index is 1480. The molecule has 2 heterocycles. The van der Waals surface area contributed by atoms with E-state index < -0.39 is 5.97 Å². The van der Waals surface area contributed by atoms with Gasteiger partial charge in [-0.15, -0.1) is 0 Å². The minimum Gasteiger partial charge on any atom is -0.478 e. The summed E-state index contributed by atoms with van der Waals surface area (Å²) >= 11 is 0. The van der Waals surface area contributed by atoms with E-state index in [-0.39, 0.29) is 22.5 Å². The van der Waals surface area contributed by atoms with Crippen molar-refractivity contribution in [2.45, 2.75) is 0 Å². The second-order valence-electron chi connectivity index (χ2n) is 6.61. The van der Waals surface area contributed by atoms with Crippen LogP contribution in [0.4, 0.5) is 5.69 Å². The Balaban J connectivity index is 1.77. The summed E-state index contributed by atoms with van der Waals surface area (Å²) < 4.78 is 0. The van der Waals surface area contributed by atoms with Crippen molar-refractivity contribution in [1.82, 2.24) is 15.0 Å². The molecule has 0 aliphatic rings. The van der Waals surface area contributed by atoms with Crippen molar-refractivity contribution in [3.05, 3.63) is 70.5 Å². The lowest BCUT2D eigenvalue weighted by atomic mass is 10.1. The van der Waals surface area contributed by atoms with Gasteiger partial charge in [0.2, 0.25) is 0 Å². The Hall–Kier alpha value is -4.13. The summed E-state index contributed by atoms with van der Waals surface area (Å²) in [5.41, 5.74) is 8.70.